The Morgan fingerprint density at radius 1 is 0.794 bits per heavy atom. The molecule has 0 radical (unpaired) electrons. The molecule has 9 heteroatoms. The number of nitrogens with zero attached hydrogens (tertiary/aromatic N) is 3. The Morgan fingerprint density at radius 2 is 1.32 bits per heavy atom. The van der Waals surface area contributed by atoms with Crippen molar-refractivity contribution in [2.75, 3.05) is 20.8 Å². The van der Waals surface area contributed by atoms with E-state index in [0.29, 0.717) is 51.1 Å². The van der Waals surface area contributed by atoms with Crippen LogP contribution >= 0.6 is 0 Å². The van der Waals surface area contributed by atoms with E-state index in [2.05, 4.69) is 19.8 Å². The first-order valence-electron chi connectivity index (χ1n) is 11.0. The molecule has 0 amide bonds. The van der Waals surface area contributed by atoms with E-state index in [0.717, 1.165) is 22.6 Å². The van der Waals surface area contributed by atoms with Crippen LogP contribution in [0.15, 0.2) is 54.7 Å². The lowest BCUT2D eigenvalue weighted by Gasteiger charge is -2.07. The van der Waals surface area contributed by atoms with E-state index in [4.69, 9.17) is 9.47 Å². The van der Waals surface area contributed by atoms with Crippen molar-refractivity contribution < 1.29 is 28.5 Å². The lowest BCUT2D eigenvalue weighted by molar-refractivity contribution is -0.141. The molecule has 0 spiro atoms. The third-order valence-electron chi connectivity index (χ3n) is 5.10. The maximum absolute atomic E-state index is 11.2. The number of esters is 2. The van der Waals surface area contributed by atoms with E-state index in [1.807, 2.05) is 54.7 Å². The van der Waals surface area contributed by atoms with Crippen molar-refractivity contribution >= 4 is 11.9 Å². The summed E-state index contributed by atoms with van der Waals surface area (Å²) >= 11 is 0. The highest BCUT2D eigenvalue weighted by Gasteiger charge is 2.05. The van der Waals surface area contributed by atoms with Crippen molar-refractivity contribution in [2.45, 2.75) is 38.8 Å². The second-order valence-corrected chi connectivity index (χ2v) is 7.55. The number of aryl methyl sites for hydroxylation is 2. The van der Waals surface area contributed by atoms with Gasteiger partial charge in [-0.15, -0.1) is 5.10 Å². The normalized spacial score (nSPS) is 10.5. The molecule has 180 valence electrons. The second-order valence-electron chi connectivity index (χ2n) is 7.55. The molecule has 0 N–H and O–H groups in total. The van der Waals surface area contributed by atoms with E-state index in [1.165, 1.54) is 14.2 Å². The van der Waals surface area contributed by atoms with E-state index in [9.17, 15) is 9.59 Å². The number of benzene rings is 2. The predicted octanol–water partition coefficient (Wildman–Crippen LogP) is 3.15. The summed E-state index contributed by atoms with van der Waals surface area (Å²) in [6.45, 7) is 1.29. The number of rotatable bonds is 13. The van der Waals surface area contributed by atoms with Crippen LogP contribution in [0.2, 0.25) is 0 Å². The molecule has 0 aliphatic heterocycles. The minimum atomic E-state index is -0.223. The molecule has 3 aromatic rings. The SMILES string of the molecule is COC(=O)CCc1ccc(OCCn2cc(COc3ccc(CCC(=O)OC)cc3)nn2)cc1. The van der Waals surface area contributed by atoms with Gasteiger partial charge >= 0.3 is 11.9 Å². The number of ether oxygens (including phenoxy) is 4. The minimum absolute atomic E-state index is 0.219. The molecule has 0 atom stereocenters. The molecule has 0 fully saturated rings. The summed E-state index contributed by atoms with van der Waals surface area (Å²) in [7, 11) is 2.78. The lowest BCUT2D eigenvalue weighted by Crippen LogP contribution is -2.08. The molecule has 0 aliphatic rings. The Morgan fingerprint density at radius 3 is 1.85 bits per heavy atom. The Bertz CT molecular complexity index is 1050. The topological polar surface area (TPSA) is 102 Å². The van der Waals surface area contributed by atoms with Gasteiger partial charge in [-0.25, -0.2) is 4.68 Å². The zero-order valence-corrected chi connectivity index (χ0v) is 19.4. The maximum atomic E-state index is 11.2. The fourth-order valence-corrected chi connectivity index (χ4v) is 3.13. The molecule has 1 aromatic heterocycles. The third kappa shape index (κ3) is 8.23. The van der Waals surface area contributed by atoms with E-state index in [-0.39, 0.29) is 11.9 Å². The number of hydrogen-bond donors (Lipinski definition) is 0. The molecule has 9 nitrogen and oxygen atoms in total. The van der Waals surface area contributed by atoms with Crippen LogP contribution in [0.3, 0.4) is 0 Å². The van der Waals surface area contributed by atoms with Gasteiger partial charge in [0.05, 0.1) is 27.0 Å². The summed E-state index contributed by atoms with van der Waals surface area (Å²) in [6.07, 6.45) is 3.80. The van der Waals surface area contributed by atoms with Crippen LogP contribution in [0.1, 0.15) is 29.7 Å². The molecule has 0 saturated carbocycles. The summed E-state index contributed by atoms with van der Waals surface area (Å²) < 4.78 is 22.5. The summed E-state index contributed by atoms with van der Waals surface area (Å²) in [5.74, 6) is 1.03. The van der Waals surface area contributed by atoms with Crippen molar-refractivity contribution in [2.24, 2.45) is 0 Å². The summed E-state index contributed by atoms with van der Waals surface area (Å²) in [6, 6.07) is 15.2. The van der Waals surface area contributed by atoms with Crippen LogP contribution in [-0.4, -0.2) is 47.8 Å². The van der Waals surface area contributed by atoms with Gasteiger partial charge in [-0.3, -0.25) is 9.59 Å². The van der Waals surface area contributed by atoms with Crippen molar-refractivity contribution in [1.29, 1.82) is 0 Å². The van der Waals surface area contributed by atoms with Gasteiger partial charge in [0.15, 0.2) is 0 Å². The predicted molar refractivity (Wildman–Crippen MR) is 123 cm³/mol. The lowest BCUT2D eigenvalue weighted by atomic mass is 10.1. The van der Waals surface area contributed by atoms with Crippen LogP contribution in [-0.2, 0) is 45.1 Å². The van der Waals surface area contributed by atoms with E-state index < -0.39 is 0 Å². The zero-order valence-electron chi connectivity index (χ0n) is 19.4. The molecule has 0 aliphatic carbocycles. The average molecular weight is 468 g/mol. The molecule has 34 heavy (non-hydrogen) atoms. The average Bonchev–Trinajstić information content (AvgIpc) is 3.33. The zero-order chi connectivity index (χ0) is 24.2. The van der Waals surface area contributed by atoms with Crippen LogP contribution in [0.25, 0.3) is 0 Å². The second kappa shape index (κ2) is 13.0. The monoisotopic (exact) mass is 467 g/mol. The number of carbonyl (C=O) groups is 2. The van der Waals surface area contributed by atoms with E-state index in [1.54, 1.807) is 4.68 Å². The first kappa shape index (κ1) is 24.8. The fraction of sp³-hybridized carbons (Fsp3) is 0.360. The Hall–Kier alpha value is -3.88. The highest BCUT2D eigenvalue weighted by atomic mass is 16.5. The maximum Gasteiger partial charge on any atom is 0.305 e. The van der Waals surface area contributed by atoms with E-state index >= 15 is 0 Å². The van der Waals surface area contributed by atoms with Crippen molar-refractivity contribution in [3.8, 4) is 11.5 Å². The third-order valence-corrected chi connectivity index (χ3v) is 5.10. The quantitative estimate of drug-likeness (QED) is 0.353. The van der Waals surface area contributed by atoms with Gasteiger partial charge in [0.1, 0.15) is 30.4 Å². The first-order valence-corrected chi connectivity index (χ1v) is 11.0. The van der Waals surface area contributed by atoms with Gasteiger partial charge in [-0.05, 0) is 48.2 Å². The standard InChI is InChI=1S/C25H29N3O6/c1-31-24(29)13-7-19-3-9-22(10-4-19)33-16-15-28-17-21(26-27-28)18-34-23-11-5-20(6-12-23)8-14-25(30)32-2/h3-6,9-12,17H,7-8,13-16,18H2,1-2H3. The van der Waals surface area contributed by atoms with Gasteiger partial charge < -0.3 is 18.9 Å². The number of carbonyl (C=O) groups excluding carboxylic acids is 2. The highest BCUT2D eigenvalue weighted by Crippen LogP contribution is 2.16. The van der Waals surface area contributed by atoms with Crippen molar-refractivity contribution in [1.82, 2.24) is 15.0 Å². The molecular formula is C25H29N3O6. The number of methoxy groups -OCH3 is 2. The number of hydrogen-bond acceptors (Lipinski definition) is 8. The largest absolute Gasteiger partial charge is 0.492 e. The fourth-order valence-electron chi connectivity index (χ4n) is 3.13. The molecule has 0 unspecified atom stereocenters. The summed E-state index contributed by atoms with van der Waals surface area (Å²) in [5.41, 5.74) is 2.80. The Labute approximate surface area is 198 Å². The number of aromatic nitrogens is 3. The van der Waals surface area contributed by atoms with Gasteiger partial charge in [-0.2, -0.15) is 0 Å². The minimum Gasteiger partial charge on any atom is -0.492 e. The highest BCUT2D eigenvalue weighted by molar-refractivity contribution is 5.69. The van der Waals surface area contributed by atoms with Crippen LogP contribution in [0.4, 0.5) is 0 Å². The molecular weight excluding hydrogens is 438 g/mol. The van der Waals surface area contributed by atoms with Crippen LogP contribution in [0.5, 0.6) is 11.5 Å². The smallest absolute Gasteiger partial charge is 0.305 e. The molecule has 3 rings (SSSR count). The molecule has 0 bridgehead atoms. The Kier molecular flexibility index (Phi) is 9.45. The Balaban J connectivity index is 1.37. The van der Waals surface area contributed by atoms with Crippen molar-refractivity contribution in [3.05, 3.63) is 71.5 Å². The molecule has 1 heterocycles. The summed E-state index contributed by atoms with van der Waals surface area (Å²) in [5, 5.41) is 8.23. The van der Waals surface area contributed by atoms with Crippen LogP contribution in [0, 0.1) is 0 Å². The van der Waals surface area contributed by atoms with Gasteiger partial charge in [0, 0.05) is 12.8 Å². The van der Waals surface area contributed by atoms with Gasteiger partial charge in [0.25, 0.3) is 0 Å². The molecule has 0 saturated heterocycles. The molecule has 2 aromatic carbocycles. The summed E-state index contributed by atoms with van der Waals surface area (Å²) in [4.78, 5) is 22.5. The first-order chi connectivity index (χ1) is 16.6. The van der Waals surface area contributed by atoms with Gasteiger partial charge in [-0.1, -0.05) is 29.5 Å². The van der Waals surface area contributed by atoms with Crippen molar-refractivity contribution in [3.63, 3.8) is 0 Å². The van der Waals surface area contributed by atoms with Crippen LogP contribution < -0.4 is 9.47 Å². The van der Waals surface area contributed by atoms with Gasteiger partial charge in [0.2, 0.25) is 0 Å².